The van der Waals surface area contributed by atoms with E-state index in [1.807, 2.05) is 24.3 Å². The van der Waals surface area contributed by atoms with E-state index in [-0.39, 0.29) is 6.04 Å². The molecule has 0 aliphatic carbocycles. The monoisotopic (exact) mass is 382 g/mol. The summed E-state index contributed by atoms with van der Waals surface area (Å²) in [4.78, 5) is 34.8. The fraction of sp³-hybridized carbons (Fsp3) is 0.312. The van der Waals surface area contributed by atoms with E-state index in [9.17, 15) is 14.4 Å². The molecule has 0 fully saturated rings. The second kappa shape index (κ2) is 9.09. The zero-order chi connectivity index (χ0) is 17.4. The Bertz CT molecular complexity index is 614. The molecule has 0 saturated heterocycles. The Kier molecular flexibility index (Phi) is 7.47. The first kappa shape index (κ1) is 18.9. The summed E-state index contributed by atoms with van der Waals surface area (Å²) in [6.45, 7) is 4.92. The number of rotatable bonds is 5. The van der Waals surface area contributed by atoms with Crippen LogP contribution in [0.3, 0.4) is 0 Å². The van der Waals surface area contributed by atoms with Crippen LogP contribution in [0.15, 0.2) is 34.8 Å². The molecular weight excluding hydrogens is 364 g/mol. The quantitative estimate of drug-likeness (QED) is 0.605. The Balaban J connectivity index is 2.49. The van der Waals surface area contributed by atoms with Crippen molar-refractivity contribution in [1.29, 1.82) is 0 Å². The minimum Gasteiger partial charge on any atom is -0.449 e. The molecule has 1 atom stereocenters. The van der Waals surface area contributed by atoms with Crippen molar-refractivity contribution in [3.05, 3.63) is 40.4 Å². The number of benzene rings is 1. The number of esters is 1. The number of nitrogens with one attached hydrogen (secondary N) is 2. The largest absolute Gasteiger partial charge is 0.449 e. The van der Waals surface area contributed by atoms with Gasteiger partial charge in [-0.05, 0) is 44.5 Å². The molecule has 0 aliphatic heterocycles. The summed E-state index contributed by atoms with van der Waals surface area (Å²) >= 11 is 3.33. The second-order valence-electron chi connectivity index (χ2n) is 5.08. The molecule has 1 rings (SSSR count). The maximum absolute atomic E-state index is 11.7. The molecule has 23 heavy (non-hydrogen) atoms. The minimum absolute atomic E-state index is 0.103. The van der Waals surface area contributed by atoms with Gasteiger partial charge >= 0.3 is 12.0 Å². The van der Waals surface area contributed by atoms with Crippen LogP contribution in [0, 0.1) is 0 Å². The van der Waals surface area contributed by atoms with Gasteiger partial charge < -0.3 is 10.1 Å². The van der Waals surface area contributed by atoms with Crippen molar-refractivity contribution < 1.29 is 19.1 Å². The molecule has 0 bridgehead atoms. The maximum Gasteiger partial charge on any atom is 0.331 e. The van der Waals surface area contributed by atoms with Gasteiger partial charge in [0.05, 0.1) is 0 Å². The summed E-state index contributed by atoms with van der Waals surface area (Å²) in [5, 5.41) is 4.61. The highest BCUT2D eigenvalue weighted by Gasteiger charge is 2.19. The summed E-state index contributed by atoms with van der Waals surface area (Å²) in [5.74, 6) is -1.36. The van der Waals surface area contributed by atoms with Crippen molar-refractivity contribution in [3.63, 3.8) is 0 Å². The van der Waals surface area contributed by atoms with Crippen LogP contribution in [-0.4, -0.2) is 30.1 Å². The smallest absolute Gasteiger partial charge is 0.331 e. The standard InChI is InChI=1S/C16H19BrN2O4/c1-10(2)18-16(22)19-15(21)11(3)23-14(20)8-7-12-5-4-6-13(17)9-12/h4-11H,1-3H3,(H2,18,19,21,22)/b8-7+/t11-/m0/s1. The molecule has 6 nitrogen and oxygen atoms in total. The number of imide groups is 1. The van der Waals surface area contributed by atoms with Gasteiger partial charge in [-0.15, -0.1) is 0 Å². The molecule has 0 aromatic heterocycles. The lowest BCUT2D eigenvalue weighted by Crippen LogP contribution is -2.46. The third kappa shape index (κ3) is 7.60. The molecule has 1 aromatic rings. The fourth-order valence-corrected chi connectivity index (χ4v) is 1.97. The van der Waals surface area contributed by atoms with Gasteiger partial charge in [-0.3, -0.25) is 10.1 Å². The Morgan fingerprint density at radius 1 is 1.22 bits per heavy atom. The first-order valence-corrected chi connectivity index (χ1v) is 7.83. The number of hydrogen-bond acceptors (Lipinski definition) is 4. The summed E-state index contributed by atoms with van der Waals surface area (Å²) in [7, 11) is 0. The molecule has 7 heteroatoms. The first-order chi connectivity index (χ1) is 10.8. The summed E-state index contributed by atoms with van der Waals surface area (Å²) < 4.78 is 5.83. The third-order valence-electron chi connectivity index (χ3n) is 2.58. The lowest BCUT2D eigenvalue weighted by atomic mass is 10.2. The highest BCUT2D eigenvalue weighted by molar-refractivity contribution is 9.10. The number of halogens is 1. The van der Waals surface area contributed by atoms with Crippen LogP contribution >= 0.6 is 15.9 Å². The number of urea groups is 1. The lowest BCUT2D eigenvalue weighted by Gasteiger charge is -2.13. The normalized spacial score (nSPS) is 12.0. The maximum atomic E-state index is 11.7. The van der Waals surface area contributed by atoms with Gasteiger partial charge in [0.2, 0.25) is 0 Å². The van der Waals surface area contributed by atoms with E-state index in [4.69, 9.17) is 4.74 Å². The third-order valence-corrected chi connectivity index (χ3v) is 3.07. The average molecular weight is 383 g/mol. The van der Waals surface area contributed by atoms with E-state index < -0.39 is 24.0 Å². The summed E-state index contributed by atoms with van der Waals surface area (Å²) in [6.07, 6.45) is 1.72. The highest BCUT2D eigenvalue weighted by atomic mass is 79.9. The average Bonchev–Trinajstić information content (AvgIpc) is 2.44. The van der Waals surface area contributed by atoms with Crippen LogP contribution in [0.5, 0.6) is 0 Å². The van der Waals surface area contributed by atoms with E-state index in [1.54, 1.807) is 19.9 Å². The number of carbonyl (C=O) groups excluding carboxylic acids is 3. The Morgan fingerprint density at radius 2 is 1.91 bits per heavy atom. The molecule has 0 unspecified atom stereocenters. The number of hydrogen-bond donors (Lipinski definition) is 2. The van der Waals surface area contributed by atoms with Gasteiger partial charge in [-0.2, -0.15) is 0 Å². The number of carbonyl (C=O) groups is 3. The Morgan fingerprint density at radius 3 is 2.52 bits per heavy atom. The van der Waals surface area contributed by atoms with Crippen LogP contribution in [-0.2, 0) is 14.3 Å². The van der Waals surface area contributed by atoms with E-state index in [1.165, 1.54) is 13.0 Å². The predicted octanol–water partition coefficient (Wildman–Crippen LogP) is 2.63. The van der Waals surface area contributed by atoms with Crippen molar-refractivity contribution in [1.82, 2.24) is 10.6 Å². The highest BCUT2D eigenvalue weighted by Crippen LogP contribution is 2.12. The topological polar surface area (TPSA) is 84.5 Å². The zero-order valence-electron chi connectivity index (χ0n) is 13.1. The van der Waals surface area contributed by atoms with E-state index in [0.29, 0.717) is 0 Å². The Labute approximate surface area is 143 Å². The molecule has 0 heterocycles. The minimum atomic E-state index is -1.08. The molecule has 124 valence electrons. The van der Waals surface area contributed by atoms with Gasteiger partial charge in [0.15, 0.2) is 6.10 Å². The summed E-state index contributed by atoms with van der Waals surface area (Å²) in [5.41, 5.74) is 0.810. The van der Waals surface area contributed by atoms with Crippen LogP contribution < -0.4 is 10.6 Å². The lowest BCUT2D eigenvalue weighted by molar-refractivity contribution is -0.149. The van der Waals surface area contributed by atoms with Gasteiger partial charge in [0, 0.05) is 16.6 Å². The second-order valence-corrected chi connectivity index (χ2v) is 6.00. The van der Waals surface area contributed by atoms with E-state index in [0.717, 1.165) is 10.0 Å². The fourth-order valence-electron chi connectivity index (χ4n) is 1.55. The van der Waals surface area contributed by atoms with Crippen molar-refractivity contribution in [2.75, 3.05) is 0 Å². The molecule has 0 aliphatic rings. The van der Waals surface area contributed by atoms with Crippen LogP contribution in [0.25, 0.3) is 6.08 Å². The molecule has 0 spiro atoms. The first-order valence-electron chi connectivity index (χ1n) is 7.03. The van der Waals surface area contributed by atoms with Gasteiger partial charge in [-0.25, -0.2) is 9.59 Å². The van der Waals surface area contributed by atoms with E-state index >= 15 is 0 Å². The molecule has 2 N–H and O–H groups in total. The van der Waals surface area contributed by atoms with E-state index in [2.05, 4.69) is 26.6 Å². The number of amides is 3. The predicted molar refractivity (Wildman–Crippen MR) is 90.5 cm³/mol. The van der Waals surface area contributed by atoms with Crippen LogP contribution in [0.2, 0.25) is 0 Å². The molecular formula is C16H19BrN2O4. The number of ether oxygens (including phenoxy) is 1. The summed E-state index contributed by atoms with van der Waals surface area (Å²) in [6, 6.07) is 6.62. The Hall–Kier alpha value is -2.15. The zero-order valence-corrected chi connectivity index (χ0v) is 14.7. The van der Waals surface area contributed by atoms with Crippen molar-refractivity contribution in [2.45, 2.75) is 32.9 Å². The van der Waals surface area contributed by atoms with Crippen molar-refractivity contribution >= 4 is 39.9 Å². The van der Waals surface area contributed by atoms with Crippen molar-refractivity contribution in [3.8, 4) is 0 Å². The molecule has 0 radical (unpaired) electrons. The van der Waals surface area contributed by atoms with Gasteiger partial charge in [0.25, 0.3) is 5.91 Å². The van der Waals surface area contributed by atoms with Crippen LogP contribution in [0.1, 0.15) is 26.3 Å². The molecule has 3 amide bonds. The SMILES string of the molecule is CC(C)NC(=O)NC(=O)[C@H](C)OC(=O)/C=C/c1cccc(Br)c1. The van der Waals surface area contributed by atoms with Gasteiger partial charge in [-0.1, -0.05) is 28.1 Å². The molecule has 1 aromatic carbocycles. The van der Waals surface area contributed by atoms with Crippen molar-refractivity contribution in [2.24, 2.45) is 0 Å². The molecule has 0 saturated carbocycles. The van der Waals surface area contributed by atoms with Gasteiger partial charge in [0.1, 0.15) is 0 Å². The van der Waals surface area contributed by atoms with Crippen LogP contribution in [0.4, 0.5) is 4.79 Å².